The third kappa shape index (κ3) is 1.54. The molecule has 0 aromatic heterocycles. The van der Waals surface area contributed by atoms with Gasteiger partial charge in [-0.05, 0) is 17.2 Å². The van der Waals surface area contributed by atoms with E-state index >= 15 is 0 Å². The van der Waals surface area contributed by atoms with Crippen LogP contribution in [0.25, 0.3) is 0 Å². The van der Waals surface area contributed by atoms with E-state index in [1.54, 1.807) is 18.2 Å². The number of anilines is 1. The second kappa shape index (κ2) is 3.59. The summed E-state index contributed by atoms with van der Waals surface area (Å²) >= 11 is 0. The second-order valence-corrected chi connectivity index (χ2v) is 4.02. The van der Waals surface area contributed by atoms with Crippen molar-refractivity contribution in [3.05, 3.63) is 69.8 Å². The van der Waals surface area contributed by atoms with E-state index in [0.717, 1.165) is 11.1 Å². The molecule has 0 unspecified atom stereocenters. The number of fused-ring (bicyclic) bond motifs is 2. The van der Waals surface area contributed by atoms with Crippen molar-refractivity contribution in [2.75, 3.05) is 5.32 Å². The molecule has 0 saturated carbocycles. The van der Waals surface area contributed by atoms with Crippen molar-refractivity contribution in [2.45, 2.75) is 6.04 Å². The zero-order valence-corrected chi connectivity index (χ0v) is 8.96. The molecule has 1 aromatic rings. The summed E-state index contributed by atoms with van der Waals surface area (Å²) in [6.45, 7) is 0. The zero-order chi connectivity index (χ0) is 11.8. The van der Waals surface area contributed by atoms with Crippen LogP contribution in [0.3, 0.4) is 0 Å². The van der Waals surface area contributed by atoms with Crippen LogP contribution in [0.5, 0.6) is 0 Å². The first-order valence-electron chi connectivity index (χ1n) is 5.35. The Balaban J connectivity index is 1.90. The van der Waals surface area contributed by atoms with E-state index in [0.29, 0.717) is 5.69 Å². The largest absolute Gasteiger partial charge is 0.369 e. The number of nitrogens with one attached hydrogen (secondary N) is 1. The summed E-state index contributed by atoms with van der Waals surface area (Å²) in [5.74, 6) is 0. The maximum absolute atomic E-state index is 10.9. The third-order valence-electron chi connectivity index (χ3n) is 3.00. The van der Waals surface area contributed by atoms with E-state index in [9.17, 15) is 10.1 Å². The van der Waals surface area contributed by atoms with Gasteiger partial charge in [0.05, 0.1) is 11.0 Å². The average Bonchev–Trinajstić information content (AvgIpc) is 2.89. The summed E-state index contributed by atoms with van der Waals surface area (Å²) in [6, 6.07) is 6.77. The van der Waals surface area contributed by atoms with E-state index in [1.165, 1.54) is 6.07 Å². The van der Waals surface area contributed by atoms with Crippen LogP contribution in [0.2, 0.25) is 0 Å². The van der Waals surface area contributed by atoms with Gasteiger partial charge in [-0.25, -0.2) is 0 Å². The first-order chi connectivity index (χ1) is 8.25. The molecule has 1 N–H and O–H groups in total. The van der Waals surface area contributed by atoms with Crippen LogP contribution in [0.4, 0.5) is 11.4 Å². The fourth-order valence-electron chi connectivity index (χ4n) is 2.15. The molecule has 2 aliphatic rings. The summed E-state index contributed by atoms with van der Waals surface area (Å²) in [4.78, 5) is 10.5. The predicted molar refractivity (Wildman–Crippen MR) is 65.8 cm³/mol. The van der Waals surface area contributed by atoms with Gasteiger partial charge in [0.1, 0.15) is 5.69 Å². The van der Waals surface area contributed by atoms with Gasteiger partial charge in [-0.1, -0.05) is 36.4 Å². The number of allylic oxidation sites excluding steroid dienone is 2. The SMILES string of the molecule is O=[N+]([O-])c1ccccc1NC1C2=CC=C1C=C2. The summed E-state index contributed by atoms with van der Waals surface area (Å²) < 4.78 is 0. The van der Waals surface area contributed by atoms with Gasteiger partial charge in [-0.2, -0.15) is 0 Å². The van der Waals surface area contributed by atoms with E-state index in [-0.39, 0.29) is 16.7 Å². The minimum absolute atomic E-state index is 0.0658. The van der Waals surface area contributed by atoms with E-state index in [4.69, 9.17) is 0 Å². The highest BCUT2D eigenvalue weighted by molar-refractivity contribution is 5.68. The number of nitro groups is 1. The lowest BCUT2D eigenvalue weighted by atomic mass is 10.1. The Labute approximate surface area is 98.1 Å². The maximum atomic E-state index is 10.9. The lowest BCUT2D eigenvalue weighted by Crippen LogP contribution is -2.18. The van der Waals surface area contributed by atoms with Crippen molar-refractivity contribution in [2.24, 2.45) is 0 Å². The van der Waals surface area contributed by atoms with Crippen LogP contribution in [-0.4, -0.2) is 11.0 Å². The van der Waals surface area contributed by atoms with Gasteiger partial charge in [0.15, 0.2) is 0 Å². The van der Waals surface area contributed by atoms with E-state index < -0.39 is 0 Å². The minimum Gasteiger partial charge on any atom is -0.369 e. The highest BCUT2D eigenvalue weighted by Gasteiger charge is 2.26. The molecular formula is C13H10N2O2. The van der Waals surface area contributed by atoms with Crippen LogP contribution in [-0.2, 0) is 0 Å². The Morgan fingerprint density at radius 3 is 2.35 bits per heavy atom. The molecule has 1 aromatic carbocycles. The Bertz CT molecular complexity index is 563. The molecule has 0 radical (unpaired) electrons. The molecule has 0 heterocycles. The van der Waals surface area contributed by atoms with Gasteiger partial charge in [0, 0.05) is 6.07 Å². The quantitative estimate of drug-likeness (QED) is 0.636. The van der Waals surface area contributed by atoms with Gasteiger partial charge in [-0.15, -0.1) is 0 Å². The Hall–Kier alpha value is -2.36. The van der Waals surface area contributed by atoms with Gasteiger partial charge in [0.25, 0.3) is 5.69 Å². The van der Waals surface area contributed by atoms with Crippen LogP contribution >= 0.6 is 0 Å². The number of rotatable bonds is 3. The number of nitro benzene ring substituents is 1. The molecule has 0 saturated heterocycles. The lowest BCUT2D eigenvalue weighted by molar-refractivity contribution is -0.384. The van der Waals surface area contributed by atoms with Crippen molar-refractivity contribution in [3.63, 3.8) is 0 Å². The first kappa shape index (κ1) is 9.84. The van der Waals surface area contributed by atoms with Crippen LogP contribution in [0, 0.1) is 10.1 Å². The number of para-hydroxylation sites is 2. The monoisotopic (exact) mass is 226 g/mol. The normalized spacial score (nSPS) is 16.9. The van der Waals surface area contributed by atoms with Gasteiger partial charge in [0.2, 0.25) is 0 Å². The summed E-state index contributed by atoms with van der Waals surface area (Å²) in [7, 11) is 0. The first-order valence-corrected chi connectivity index (χ1v) is 5.35. The van der Waals surface area contributed by atoms with Gasteiger partial charge in [-0.3, -0.25) is 10.1 Å². The molecule has 0 aliphatic heterocycles. The lowest BCUT2D eigenvalue weighted by Gasteiger charge is -2.14. The van der Waals surface area contributed by atoms with Gasteiger partial charge >= 0.3 is 0 Å². The molecule has 0 atom stereocenters. The van der Waals surface area contributed by atoms with Crippen LogP contribution in [0.15, 0.2) is 59.7 Å². The highest BCUT2D eigenvalue weighted by atomic mass is 16.6. The highest BCUT2D eigenvalue weighted by Crippen LogP contribution is 2.34. The van der Waals surface area contributed by atoms with Crippen LogP contribution in [0.1, 0.15) is 0 Å². The molecule has 2 bridgehead atoms. The van der Waals surface area contributed by atoms with Crippen molar-refractivity contribution >= 4 is 11.4 Å². The van der Waals surface area contributed by atoms with Crippen molar-refractivity contribution in [3.8, 4) is 0 Å². The fraction of sp³-hybridized carbons (Fsp3) is 0.0769. The van der Waals surface area contributed by atoms with E-state index in [1.807, 2.05) is 24.3 Å². The average molecular weight is 226 g/mol. The standard InChI is InChI=1S/C13H10N2O2/c16-15(17)12-4-2-1-3-11(12)14-13-9-5-6-10(13)8-7-9/h1-8,13-14H. The fourth-order valence-corrected chi connectivity index (χ4v) is 2.15. The molecule has 0 spiro atoms. The number of hydrogen-bond acceptors (Lipinski definition) is 3. The summed E-state index contributed by atoms with van der Waals surface area (Å²) in [6.07, 6.45) is 8.12. The molecule has 2 aliphatic carbocycles. The minimum atomic E-state index is -0.366. The third-order valence-corrected chi connectivity index (χ3v) is 3.00. The molecule has 0 amide bonds. The topological polar surface area (TPSA) is 55.2 Å². The molecule has 4 nitrogen and oxygen atoms in total. The molecule has 84 valence electrons. The van der Waals surface area contributed by atoms with Crippen LogP contribution < -0.4 is 5.32 Å². The zero-order valence-electron chi connectivity index (χ0n) is 8.96. The predicted octanol–water partition coefficient (Wildman–Crippen LogP) is 2.81. The Morgan fingerprint density at radius 1 is 1.12 bits per heavy atom. The molecule has 17 heavy (non-hydrogen) atoms. The Kier molecular flexibility index (Phi) is 2.08. The number of nitrogens with zero attached hydrogens (tertiary/aromatic N) is 1. The number of hydrogen-bond donors (Lipinski definition) is 1. The van der Waals surface area contributed by atoms with Gasteiger partial charge < -0.3 is 5.32 Å². The molecule has 0 fully saturated rings. The maximum Gasteiger partial charge on any atom is 0.292 e. The molecule has 3 rings (SSSR count). The van der Waals surface area contributed by atoms with E-state index in [2.05, 4.69) is 5.32 Å². The summed E-state index contributed by atoms with van der Waals surface area (Å²) in [5, 5.41) is 14.1. The molecular weight excluding hydrogens is 216 g/mol. The van der Waals surface area contributed by atoms with Crippen molar-refractivity contribution in [1.29, 1.82) is 0 Å². The Morgan fingerprint density at radius 2 is 1.76 bits per heavy atom. The summed E-state index contributed by atoms with van der Waals surface area (Å²) in [5.41, 5.74) is 2.97. The second-order valence-electron chi connectivity index (χ2n) is 4.02. The van der Waals surface area contributed by atoms with Crippen molar-refractivity contribution < 1.29 is 4.92 Å². The molecule has 4 heteroatoms. The van der Waals surface area contributed by atoms with Crippen molar-refractivity contribution in [1.82, 2.24) is 0 Å². The smallest absolute Gasteiger partial charge is 0.292 e. The number of benzene rings is 1.